The molecule has 1 heterocycles. The van der Waals surface area contributed by atoms with Crippen molar-refractivity contribution in [3.05, 3.63) is 83.3 Å². The molecule has 4 rings (SSSR count). The lowest BCUT2D eigenvalue weighted by Gasteiger charge is -2.32. The van der Waals surface area contributed by atoms with E-state index in [1.807, 2.05) is 42.5 Å². The van der Waals surface area contributed by atoms with Gasteiger partial charge in [0, 0.05) is 12.0 Å². The van der Waals surface area contributed by atoms with Crippen LogP contribution in [0.1, 0.15) is 44.6 Å². The highest BCUT2D eigenvalue weighted by atomic mass is 28.3. The van der Waals surface area contributed by atoms with Gasteiger partial charge in [-0.2, -0.15) is 0 Å². The summed E-state index contributed by atoms with van der Waals surface area (Å²) in [5, 5.41) is 1.28. The van der Waals surface area contributed by atoms with E-state index < -0.39 is 14.5 Å². The van der Waals surface area contributed by atoms with Gasteiger partial charge in [-0.1, -0.05) is 98.4 Å². The second-order valence-electron chi connectivity index (χ2n) is 8.68. The van der Waals surface area contributed by atoms with Crippen LogP contribution in [0.25, 0.3) is 11.1 Å². The Morgan fingerprint density at radius 3 is 2.62 bits per heavy atom. The number of hydrogen-bond donors (Lipinski definition) is 0. The molecule has 0 N–H and O–H groups in total. The summed E-state index contributed by atoms with van der Waals surface area (Å²) in [6.45, 7) is 2.27. The van der Waals surface area contributed by atoms with E-state index in [2.05, 4.69) is 13.0 Å². The van der Waals surface area contributed by atoms with Gasteiger partial charge in [0.15, 0.2) is 5.67 Å². The molecule has 29 heavy (non-hydrogen) atoms. The summed E-state index contributed by atoms with van der Waals surface area (Å²) in [7, 11) is -1.10. The van der Waals surface area contributed by atoms with Gasteiger partial charge in [-0.3, -0.25) is 0 Å². The molecule has 1 saturated heterocycles. The zero-order valence-electron chi connectivity index (χ0n) is 17.2. The molecule has 0 bridgehead atoms. The Balaban J connectivity index is 1.63. The zero-order valence-corrected chi connectivity index (χ0v) is 18.4. The SMILES string of the molecule is CCC[C@H]1CC[Si@H](C2=CC(F)(c3ccccc3-c3cccc(F)c3)CC=C2)CC1. The molecule has 0 amide bonds. The first-order valence-corrected chi connectivity index (χ1v) is 13.2. The molecule has 2 aliphatic rings. The summed E-state index contributed by atoms with van der Waals surface area (Å²) >= 11 is 0. The minimum absolute atomic E-state index is 0.291. The number of benzene rings is 2. The van der Waals surface area contributed by atoms with E-state index in [0.717, 1.165) is 17.0 Å². The van der Waals surface area contributed by atoms with Crippen molar-refractivity contribution in [1.29, 1.82) is 0 Å². The minimum Gasteiger partial charge on any atom is -0.234 e. The van der Waals surface area contributed by atoms with Gasteiger partial charge in [0.05, 0.1) is 8.80 Å². The van der Waals surface area contributed by atoms with Crippen LogP contribution < -0.4 is 0 Å². The molecule has 0 spiro atoms. The molecule has 1 aliphatic heterocycles. The molecule has 1 atom stereocenters. The lowest BCUT2D eigenvalue weighted by Crippen LogP contribution is -2.28. The van der Waals surface area contributed by atoms with Crippen LogP contribution in [0.4, 0.5) is 8.78 Å². The van der Waals surface area contributed by atoms with Gasteiger partial charge in [-0.05, 0) is 35.3 Å². The first kappa shape index (κ1) is 20.3. The minimum atomic E-state index is -1.51. The third kappa shape index (κ3) is 4.45. The highest BCUT2D eigenvalue weighted by molar-refractivity contribution is 6.67. The Morgan fingerprint density at radius 2 is 1.86 bits per heavy atom. The van der Waals surface area contributed by atoms with Gasteiger partial charge in [0.2, 0.25) is 0 Å². The summed E-state index contributed by atoms with van der Waals surface area (Å²) < 4.78 is 30.2. The monoisotopic (exact) mass is 408 g/mol. The molecule has 152 valence electrons. The number of halogens is 2. The van der Waals surface area contributed by atoms with E-state index in [1.165, 1.54) is 55.1 Å². The molecular formula is C26H30F2Si. The molecular weight excluding hydrogens is 378 g/mol. The van der Waals surface area contributed by atoms with Crippen molar-refractivity contribution < 1.29 is 8.78 Å². The van der Waals surface area contributed by atoms with Crippen LogP contribution in [0.3, 0.4) is 0 Å². The fourth-order valence-corrected chi connectivity index (χ4v) is 8.74. The second-order valence-corrected chi connectivity index (χ2v) is 11.9. The van der Waals surface area contributed by atoms with Crippen molar-refractivity contribution in [3.63, 3.8) is 0 Å². The Labute approximate surface area is 175 Å². The number of rotatable bonds is 5. The van der Waals surface area contributed by atoms with Crippen molar-refractivity contribution in [2.24, 2.45) is 5.92 Å². The van der Waals surface area contributed by atoms with E-state index in [1.54, 1.807) is 6.07 Å². The van der Waals surface area contributed by atoms with Gasteiger partial charge in [-0.15, -0.1) is 0 Å². The van der Waals surface area contributed by atoms with Crippen molar-refractivity contribution in [2.45, 2.75) is 56.8 Å². The van der Waals surface area contributed by atoms with Crippen LogP contribution in [0, 0.1) is 11.7 Å². The molecule has 0 aromatic heterocycles. The smallest absolute Gasteiger partial charge is 0.158 e. The molecule has 1 fully saturated rings. The van der Waals surface area contributed by atoms with Crippen molar-refractivity contribution in [2.75, 3.05) is 0 Å². The molecule has 2 aromatic rings. The fourth-order valence-electron chi connectivity index (χ4n) is 5.13. The summed E-state index contributed by atoms with van der Waals surface area (Å²) in [6, 6.07) is 16.6. The Kier molecular flexibility index (Phi) is 6.14. The van der Waals surface area contributed by atoms with Gasteiger partial charge < -0.3 is 0 Å². The lowest BCUT2D eigenvalue weighted by atomic mass is 9.84. The summed E-state index contributed by atoms with van der Waals surface area (Å²) in [4.78, 5) is 0. The largest absolute Gasteiger partial charge is 0.234 e. The maximum absolute atomic E-state index is 16.4. The van der Waals surface area contributed by atoms with Gasteiger partial charge in [-0.25, -0.2) is 8.78 Å². The standard InChI is InChI=1S/C26H30F2Si/c1-2-7-20-13-16-29(17-14-20)23-10-6-15-26(28,19-23)25-12-4-3-11-24(25)21-8-5-9-22(27)18-21/h3-6,8-12,18-20,29H,2,7,13-17H2,1H3/t20-,26?,29-. The first-order valence-electron chi connectivity index (χ1n) is 11.0. The third-order valence-electron chi connectivity index (χ3n) is 6.65. The highest BCUT2D eigenvalue weighted by Crippen LogP contribution is 2.43. The van der Waals surface area contributed by atoms with Crippen molar-refractivity contribution >= 4 is 8.80 Å². The molecule has 3 heteroatoms. The zero-order chi connectivity index (χ0) is 20.3. The van der Waals surface area contributed by atoms with Gasteiger partial charge in [0.1, 0.15) is 5.82 Å². The molecule has 1 aliphatic carbocycles. The van der Waals surface area contributed by atoms with E-state index in [9.17, 15) is 4.39 Å². The van der Waals surface area contributed by atoms with Crippen LogP contribution in [0.2, 0.25) is 12.1 Å². The van der Waals surface area contributed by atoms with Crippen LogP contribution in [0.15, 0.2) is 72.0 Å². The van der Waals surface area contributed by atoms with E-state index >= 15 is 4.39 Å². The summed E-state index contributed by atoms with van der Waals surface area (Å²) in [6.07, 6.45) is 11.7. The highest BCUT2D eigenvalue weighted by Gasteiger charge is 2.35. The average molecular weight is 409 g/mol. The Morgan fingerprint density at radius 1 is 1.07 bits per heavy atom. The predicted octanol–water partition coefficient (Wildman–Crippen LogP) is 7.52. The van der Waals surface area contributed by atoms with Gasteiger partial charge >= 0.3 is 0 Å². The molecule has 1 unspecified atom stereocenters. The van der Waals surface area contributed by atoms with Crippen LogP contribution >= 0.6 is 0 Å². The van der Waals surface area contributed by atoms with E-state index in [0.29, 0.717) is 12.0 Å². The van der Waals surface area contributed by atoms with Crippen molar-refractivity contribution in [3.8, 4) is 11.1 Å². The fraction of sp³-hybridized carbons (Fsp3) is 0.385. The maximum Gasteiger partial charge on any atom is 0.158 e. The van der Waals surface area contributed by atoms with Gasteiger partial charge in [0.25, 0.3) is 0 Å². The van der Waals surface area contributed by atoms with E-state index in [-0.39, 0.29) is 5.82 Å². The quantitative estimate of drug-likeness (QED) is 0.449. The number of alkyl halides is 1. The molecule has 0 nitrogen and oxygen atoms in total. The van der Waals surface area contributed by atoms with Crippen LogP contribution in [-0.4, -0.2) is 8.80 Å². The van der Waals surface area contributed by atoms with Crippen molar-refractivity contribution in [1.82, 2.24) is 0 Å². The van der Waals surface area contributed by atoms with E-state index in [4.69, 9.17) is 0 Å². The summed E-state index contributed by atoms with van der Waals surface area (Å²) in [5.41, 5.74) is 0.662. The number of hydrogen-bond acceptors (Lipinski definition) is 0. The molecule has 0 radical (unpaired) electrons. The Hall–Kier alpha value is -2.00. The maximum atomic E-state index is 16.4. The topological polar surface area (TPSA) is 0 Å². The summed E-state index contributed by atoms with van der Waals surface area (Å²) in [5.74, 6) is 0.585. The first-order chi connectivity index (χ1) is 14.1. The second kappa shape index (κ2) is 8.79. The Bertz CT molecular complexity index is 908. The number of allylic oxidation sites excluding steroid dienone is 4. The third-order valence-corrected chi connectivity index (χ3v) is 10.0. The lowest BCUT2D eigenvalue weighted by molar-refractivity contribution is 0.236. The average Bonchev–Trinajstić information content (AvgIpc) is 2.75. The molecule has 0 saturated carbocycles. The predicted molar refractivity (Wildman–Crippen MR) is 121 cm³/mol. The molecule has 2 aromatic carbocycles. The van der Waals surface area contributed by atoms with Crippen LogP contribution in [0.5, 0.6) is 0 Å². The normalized spacial score (nSPS) is 26.9. The van der Waals surface area contributed by atoms with Crippen LogP contribution in [-0.2, 0) is 5.67 Å².